The molecule has 0 radical (unpaired) electrons. The fraction of sp³-hybridized carbons (Fsp3) is 0.700. The van der Waals surface area contributed by atoms with Crippen LogP contribution < -0.4 is 0 Å². The second-order valence-electron chi connectivity index (χ2n) is 12.9. The van der Waals surface area contributed by atoms with Crippen LogP contribution in [0.3, 0.4) is 0 Å². The SMILES string of the molecule is CC(=O)O[C@]12CO[C@@H]1C[C@H](C)[C@@]1(C)C(=O)[C@H](C)C3=C(C)[C@@H](C)C[C@@](O)([C@@H](OC(=O)c4ccoc4)[C@H]21)C3(C)C. The molecule has 0 amide bonds. The Balaban J connectivity index is 1.82. The quantitative estimate of drug-likeness (QED) is 0.451. The van der Waals surface area contributed by atoms with Gasteiger partial charge in [-0.25, -0.2) is 4.79 Å². The van der Waals surface area contributed by atoms with Crippen molar-refractivity contribution < 1.29 is 38.1 Å². The molecule has 3 aliphatic carbocycles. The molecule has 0 unspecified atom stereocenters. The highest BCUT2D eigenvalue weighted by Gasteiger charge is 2.76. The molecule has 1 aromatic heterocycles. The third kappa shape index (κ3) is 3.32. The molecule has 8 heteroatoms. The van der Waals surface area contributed by atoms with E-state index in [0.717, 1.165) is 11.1 Å². The first-order valence-corrected chi connectivity index (χ1v) is 13.6. The minimum Gasteiger partial charge on any atom is -0.472 e. The smallest absolute Gasteiger partial charge is 0.341 e. The monoisotopic (exact) mass is 528 g/mol. The first-order valence-electron chi connectivity index (χ1n) is 13.6. The molecule has 8 nitrogen and oxygen atoms in total. The Kier molecular flexibility index (Phi) is 6.08. The summed E-state index contributed by atoms with van der Waals surface area (Å²) in [5.74, 6) is -2.71. The lowest BCUT2D eigenvalue weighted by Crippen LogP contribution is -2.80. The van der Waals surface area contributed by atoms with Crippen molar-refractivity contribution in [3.8, 4) is 0 Å². The number of ether oxygens (including phenoxy) is 3. The van der Waals surface area contributed by atoms with Gasteiger partial charge in [0.05, 0.1) is 24.4 Å². The molecule has 1 N–H and O–H groups in total. The zero-order valence-corrected chi connectivity index (χ0v) is 23.6. The fourth-order valence-corrected chi connectivity index (χ4v) is 8.52. The van der Waals surface area contributed by atoms with Gasteiger partial charge in [-0.1, -0.05) is 52.7 Å². The maximum atomic E-state index is 14.7. The molecule has 38 heavy (non-hydrogen) atoms. The molecule has 2 heterocycles. The van der Waals surface area contributed by atoms with E-state index in [-0.39, 0.29) is 29.8 Å². The van der Waals surface area contributed by atoms with Crippen molar-refractivity contribution in [2.24, 2.45) is 34.5 Å². The van der Waals surface area contributed by atoms with Gasteiger partial charge in [-0.2, -0.15) is 0 Å². The maximum Gasteiger partial charge on any atom is 0.341 e. The summed E-state index contributed by atoms with van der Waals surface area (Å²) in [6, 6.07) is 1.51. The molecule has 5 rings (SSSR count). The van der Waals surface area contributed by atoms with Gasteiger partial charge in [0.15, 0.2) is 5.60 Å². The Morgan fingerprint density at radius 2 is 1.84 bits per heavy atom. The molecule has 4 aliphatic rings. The van der Waals surface area contributed by atoms with E-state index in [4.69, 9.17) is 18.6 Å². The number of rotatable bonds is 3. The van der Waals surface area contributed by atoms with Gasteiger partial charge in [0.1, 0.15) is 29.9 Å². The van der Waals surface area contributed by atoms with Crippen LogP contribution in [0.5, 0.6) is 0 Å². The molecule has 0 spiro atoms. The largest absolute Gasteiger partial charge is 0.472 e. The summed E-state index contributed by atoms with van der Waals surface area (Å²) < 4.78 is 23.5. The van der Waals surface area contributed by atoms with Gasteiger partial charge in [0.25, 0.3) is 0 Å². The first kappa shape index (κ1) is 27.1. The maximum absolute atomic E-state index is 14.7. The van der Waals surface area contributed by atoms with Crippen molar-refractivity contribution >= 4 is 17.7 Å². The third-order valence-corrected chi connectivity index (χ3v) is 10.8. The Morgan fingerprint density at radius 1 is 1.16 bits per heavy atom. The average molecular weight is 529 g/mol. The molecule has 0 aromatic carbocycles. The fourth-order valence-electron chi connectivity index (χ4n) is 8.52. The molecule has 1 aliphatic heterocycles. The minimum absolute atomic E-state index is 0.00909. The van der Waals surface area contributed by atoms with Gasteiger partial charge in [-0.15, -0.1) is 0 Å². The number of hydrogen-bond donors (Lipinski definition) is 1. The number of carbonyl (C=O) groups is 3. The van der Waals surface area contributed by atoms with E-state index in [0.29, 0.717) is 12.8 Å². The van der Waals surface area contributed by atoms with E-state index >= 15 is 0 Å². The highest BCUT2D eigenvalue weighted by atomic mass is 16.6. The standard InChI is InChI=1S/C30H40O8/c1-15-12-30(34)25(37-26(33)20-9-10-35-13-20)23-28(8,24(32)18(4)22(17(15)3)27(30,6)7)16(2)11-21-29(23,14-36-21)38-19(5)31/h9-10,13,15-16,18,21,23,25,34H,11-12,14H2,1-8H3/t15-,16-,18+,21+,23-,25-,28+,29+,30+/m0/s1. The van der Waals surface area contributed by atoms with Crippen molar-refractivity contribution in [2.45, 2.75) is 91.6 Å². The molecule has 3 fully saturated rings. The van der Waals surface area contributed by atoms with Crippen LogP contribution in [0.2, 0.25) is 0 Å². The highest BCUT2D eigenvalue weighted by Crippen LogP contribution is 2.66. The van der Waals surface area contributed by atoms with Crippen LogP contribution in [-0.4, -0.2) is 52.8 Å². The van der Waals surface area contributed by atoms with Crippen molar-refractivity contribution in [1.29, 1.82) is 0 Å². The second-order valence-corrected chi connectivity index (χ2v) is 12.9. The summed E-state index contributed by atoms with van der Waals surface area (Å²) in [6.07, 6.45) is 1.88. The molecular weight excluding hydrogens is 488 g/mol. The number of esters is 2. The minimum atomic E-state index is -1.56. The van der Waals surface area contributed by atoms with Crippen LogP contribution >= 0.6 is 0 Å². The number of fused-ring (bicyclic) bond motifs is 5. The summed E-state index contributed by atoms with van der Waals surface area (Å²) >= 11 is 0. The summed E-state index contributed by atoms with van der Waals surface area (Å²) in [7, 11) is 0. The molecule has 9 atom stereocenters. The Labute approximate surface area is 224 Å². The highest BCUT2D eigenvalue weighted by molar-refractivity contribution is 5.92. The van der Waals surface area contributed by atoms with E-state index in [1.54, 1.807) is 0 Å². The van der Waals surface area contributed by atoms with Crippen LogP contribution in [0.1, 0.15) is 78.6 Å². The lowest BCUT2D eigenvalue weighted by molar-refractivity contribution is -0.339. The lowest BCUT2D eigenvalue weighted by atomic mass is 9.42. The van der Waals surface area contributed by atoms with E-state index in [1.807, 2.05) is 48.5 Å². The summed E-state index contributed by atoms with van der Waals surface area (Å²) in [5, 5.41) is 12.9. The molecule has 2 bridgehead atoms. The summed E-state index contributed by atoms with van der Waals surface area (Å²) in [4.78, 5) is 40.8. The Morgan fingerprint density at radius 3 is 2.39 bits per heavy atom. The molecule has 208 valence electrons. The van der Waals surface area contributed by atoms with E-state index in [2.05, 4.69) is 0 Å². The van der Waals surface area contributed by atoms with Crippen LogP contribution in [0.15, 0.2) is 34.2 Å². The number of aliphatic hydroxyl groups is 1. The zero-order valence-electron chi connectivity index (χ0n) is 23.6. The average Bonchev–Trinajstić information content (AvgIpc) is 3.37. The topological polar surface area (TPSA) is 112 Å². The number of allylic oxidation sites excluding steroid dienone is 1. The van der Waals surface area contributed by atoms with Crippen LogP contribution in [0.25, 0.3) is 0 Å². The van der Waals surface area contributed by atoms with Crippen LogP contribution in [0, 0.1) is 34.5 Å². The van der Waals surface area contributed by atoms with Gasteiger partial charge in [0, 0.05) is 23.7 Å². The predicted octanol–water partition coefficient (Wildman–Crippen LogP) is 4.50. The Bertz CT molecular complexity index is 1200. The number of carbonyl (C=O) groups excluding carboxylic acids is 3. The van der Waals surface area contributed by atoms with Crippen molar-refractivity contribution in [3.63, 3.8) is 0 Å². The molecule has 1 saturated heterocycles. The normalized spacial score (nSPS) is 43.7. The number of furan rings is 1. The van der Waals surface area contributed by atoms with Crippen LogP contribution in [0.4, 0.5) is 0 Å². The number of Topliss-reactive ketones (excluding diaryl/α,β-unsaturated/α-hetero) is 1. The van der Waals surface area contributed by atoms with Gasteiger partial charge >= 0.3 is 11.9 Å². The van der Waals surface area contributed by atoms with Crippen molar-refractivity contribution in [1.82, 2.24) is 0 Å². The lowest BCUT2D eigenvalue weighted by Gasteiger charge is -2.68. The summed E-state index contributed by atoms with van der Waals surface area (Å²) in [5.41, 5.74) is -2.58. The zero-order chi connectivity index (χ0) is 28.0. The molecule has 2 saturated carbocycles. The molecule has 1 aromatic rings. The van der Waals surface area contributed by atoms with Gasteiger partial charge in [0.2, 0.25) is 0 Å². The van der Waals surface area contributed by atoms with Crippen molar-refractivity contribution in [3.05, 3.63) is 35.3 Å². The van der Waals surface area contributed by atoms with E-state index < -0.39 is 58.0 Å². The van der Waals surface area contributed by atoms with E-state index in [1.165, 1.54) is 25.5 Å². The summed E-state index contributed by atoms with van der Waals surface area (Å²) in [6.45, 7) is 15.2. The Hall–Kier alpha value is -2.45. The second kappa shape index (κ2) is 8.52. The van der Waals surface area contributed by atoms with Crippen molar-refractivity contribution in [2.75, 3.05) is 6.61 Å². The van der Waals surface area contributed by atoms with Gasteiger partial charge < -0.3 is 23.7 Å². The van der Waals surface area contributed by atoms with Gasteiger partial charge in [-0.05, 0) is 37.7 Å². The first-order chi connectivity index (χ1) is 17.6. The number of hydrogen-bond acceptors (Lipinski definition) is 8. The third-order valence-electron chi connectivity index (χ3n) is 10.8. The van der Waals surface area contributed by atoms with Gasteiger partial charge in [-0.3, -0.25) is 9.59 Å². The number of ketones is 1. The van der Waals surface area contributed by atoms with Crippen LogP contribution in [-0.2, 0) is 23.8 Å². The van der Waals surface area contributed by atoms with E-state index in [9.17, 15) is 19.5 Å². The predicted molar refractivity (Wildman–Crippen MR) is 137 cm³/mol. The molecular formula is C30H40O8.